The van der Waals surface area contributed by atoms with Crippen molar-refractivity contribution in [2.75, 3.05) is 20.8 Å². The van der Waals surface area contributed by atoms with Crippen molar-refractivity contribution in [3.8, 4) is 0 Å². The molecular weight excluding hydrogens is 178 g/mol. The molecule has 0 aliphatic rings. The van der Waals surface area contributed by atoms with Gasteiger partial charge in [0, 0.05) is 25.4 Å². The van der Waals surface area contributed by atoms with Crippen LogP contribution in [0.2, 0.25) is 0 Å². The molecule has 1 atom stereocenters. The molecule has 0 fully saturated rings. The molecule has 4 nitrogen and oxygen atoms in total. The Kier molecular flexibility index (Phi) is 4.62. The van der Waals surface area contributed by atoms with Crippen LogP contribution >= 0.6 is 0 Å². The van der Waals surface area contributed by atoms with Crippen LogP contribution in [0.1, 0.15) is 24.9 Å². The molecule has 4 heteroatoms. The van der Waals surface area contributed by atoms with Crippen LogP contribution in [-0.4, -0.2) is 30.5 Å². The zero-order chi connectivity index (χ0) is 10.4. The van der Waals surface area contributed by atoms with Crippen LogP contribution in [-0.2, 0) is 11.3 Å². The van der Waals surface area contributed by atoms with Crippen LogP contribution in [0, 0.1) is 0 Å². The lowest BCUT2D eigenvalue weighted by atomic mass is 10.2. The summed E-state index contributed by atoms with van der Waals surface area (Å²) in [5, 5.41) is 7.47. The Labute approximate surface area is 85.3 Å². The third-order valence-corrected chi connectivity index (χ3v) is 2.19. The molecule has 0 saturated carbocycles. The first kappa shape index (κ1) is 11.2. The Bertz CT molecular complexity index is 260. The lowest BCUT2D eigenvalue weighted by Gasteiger charge is -2.12. The second kappa shape index (κ2) is 5.78. The van der Waals surface area contributed by atoms with Crippen LogP contribution < -0.4 is 5.32 Å². The summed E-state index contributed by atoms with van der Waals surface area (Å²) < 4.78 is 7.09. The molecule has 0 saturated heterocycles. The van der Waals surface area contributed by atoms with Crippen LogP contribution in [0.4, 0.5) is 0 Å². The summed E-state index contributed by atoms with van der Waals surface area (Å²) in [5.74, 6) is 0. The van der Waals surface area contributed by atoms with Gasteiger partial charge >= 0.3 is 0 Å². The molecule has 0 radical (unpaired) electrons. The van der Waals surface area contributed by atoms with Gasteiger partial charge in [0.25, 0.3) is 0 Å². The van der Waals surface area contributed by atoms with E-state index in [1.54, 1.807) is 7.11 Å². The van der Waals surface area contributed by atoms with Gasteiger partial charge < -0.3 is 10.1 Å². The fraction of sp³-hybridized carbons (Fsp3) is 0.700. The van der Waals surface area contributed by atoms with Gasteiger partial charge in [-0.3, -0.25) is 4.68 Å². The summed E-state index contributed by atoms with van der Waals surface area (Å²) in [6, 6.07) is 0.241. The van der Waals surface area contributed by atoms with Crippen molar-refractivity contribution in [3.63, 3.8) is 0 Å². The topological polar surface area (TPSA) is 39.1 Å². The SMILES string of the molecule is CCCn1cc(C(COC)NC)cn1. The number of hydrogen-bond acceptors (Lipinski definition) is 3. The molecule has 14 heavy (non-hydrogen) atoms. The minimum Gasteiger partial charge on any atom is -0.383 e. The fourth-order valence-corrected chi connectivity index (χ4v) is 1.42. The maximum absolute atomic E-state index is 5.12. The van der Waals surface area contributed by atoms with Crippen molar-refractivity contribution >= 4 is 0 Å². The number of nitrogens with one attached hydrogen (secondary N) is 1. The monoisotopic (exact) mass is 197 g/mol. The van der Waals surface area contributed by atoms with Gasteiger partial charge in [0.2, 0.25) is 0 Å². The highest BCUT2D eigenvalue weighted by molar-refractivity contribution is 5.10. The molecule has 0 aliphatic heterocycles. The Balaban J connectivity index is 2.63. The number of aromatic nitrogens is 2. The second-order valence-corrected chi connectivity index (χ2v) is 3.33. The molecule has 0 aliphatic carbocycles. The lowest BCUT2D eigenvalue weighted by Crippen LogP contribution is -2.20. The van der Waals surface area contributed by atoms with E-state index >= 15 is 0 Å². The molecule has 1 heterocycles. The third kappa shape index (κ3) is 2.82. The van der Waals surface area contributed by atoms with Gasteiger partial charge in [-0.1, -0.05) is 6.92 Å². The van der Waals surface area contributed by atoms with E-state index in [1.807, 2.05) is 17.9 Å². The normalized spacial score (nSPS) is 13.1. The smallest absolute Gasteiger partial charge is 0.0658 e. The minimum atomic E-state index is 0.241. The van der Waals surface area contributed by atoms with E-state index in [0.717, 1.165) is 13.0 Å². The molecule has 1 rings (SSSR count). The number of nitrogens with zero attached hydrogens (tertiary/aromatic N) is 2. The number of hydrogen-bond donors (Lipinski definition) is 1. The average Bonchev–Trinajstić information content (AvgIpc) is 2.63. The number of aryl methyl sites for hydroxylation is 1. The van der Waals surface area contributed by atoms with Gasteiger partial charge in [-0.05, 0) is 13.5 Å². The Morgan fingerprint density at radius 2 is 2.43 bits per heavy atom. The molecule has 1 aromatic rings. The van der Waals surface area contributed by atoms with E-state index in [1.165, 1.54) is 5.56 Å². The summed E-state index contributed by atoms with van der Waals surface area (Å²) in [7, 11) is 3.64. The number of ether oxygens (including phenoxy) is 1. The average molecular weight is 197 g/mol. The third-order valence-electron chi connectivity index (χ3n) is 2.19. The first-order valence-corrected chi connectivity index (χ1v) is 5.00. The summed E-state index contributed by atoms with van der Waals surface area (Å²) in [4.78, 5) is 0. The summed E-state index contributed by atoms with van der Waals surface area (Å²) >= 11 is 0. The van der Waals surface area contributed by atoms with Crippen molar-refractivity contribution in [2.45, 2.75) is 25.9 Å². The van der Waals surface area contributed by atoms with Gasteiger partial charge in [0.05, 0.1) is 18.8 Å². The maximum Gasteiger partial charge on any atom is 0.0658 e. The largest absolute Gasteiger partial charge is 0.383 e. The molecule has 0 bridgehead atoms. The van der Waals surface area contributed by atoms with Gasteiger partial charge in [-0.2, -0.15) is 5.10 Å². The molecule has 0 amide bonds. The van der Waals surface area contributed by atoms with Gasteiger partial charge in [-0.25, -0.2) is 0 Å². The maximum atomic E-state index is 5.12. The highest BCUT2D eigenvalue weighted by Crippen LogP contribution is 2.11. The van der Waals surface area contributed by atoms with Crippen molar-refractivity contribution < 1.29 is 4.74 Å². The molecule has 0 spiro atoms. The van der Waals surface area contributed by atoms with Crippen molar-refractivity contribution in [1.82, 2.24) is 15.1 Å². The van der Waals surface area contributed by atoms with E-state index in [2.05, 4.69) is 23.5 Å². The zero-order valence-electron chi connectivity index (χ0n) is 9.16. The van der Waals surface area contributed by atoms with E-state index in [0.29, 0.717) is 6.61 Å². The van der Waals surface area contributed by atoms with Gasteiger partial charge in [0.1, 0.15) is 0 Å². The highest BCUT2D eigenvalue weighted by atomic mass is 16.5. The molecule has 80 valence electrons. The van der Waals surface area contributed by atoms with E-state index in [9.17, 15) is 0 Å². The molecule has 0 aromatic carbocycles. The standard InChI is InChI=1S/C10H19N3O/c1-4-5-13-7-9(6-12-13)10(11-2)8-14-3/h6-7,10-11H,4-5,8H2,1-3H3. The predicted molar refractivity (Wildman–Crippen MR) is 56.2 cm³/mol. The first-order valence-electron chi connectivity index (χ1n) is 5.00. The predicted octanol–water partition coefficient (Wildman–Crippen LogP) is 1.20. The Hall–Kier alpha value is -0.870. The summed E-state index contributed by atoms with van der Waals surface area (Å²) in [6.45, 7) is 3.80. The van der Waals surface area contributed by atoms with E-state index in [4.69, 9.17) is 4.74 Å². The minimum absolute atomic E-state index is 0.241. The van der Waals surface area contributed by atoms with Crippen molar-refractivity contribution in [1.29, 1.82) is 0 Å². The molecule has 1 aromatic heterocycles. The second-order valence-electron chi connectivity index (χ2n) is 3.33. The lowest BCUT2D eigenvalue weighted by molar-refractivity contribution is 0.170. The highest BCUT2D eigenvalue weighted by Gasteiger charge is 2.10. The van der Waals surface area contributed by atoms with Crippen LogP contribution in [0.25, 0.3) is 0 Å². The molecule has 1 unspecified atom stereocenters. The van der Waals surface area contributed by atoms with Crippen LogP contribution in [0.5, 0.6) is 0 Å². The van der Waals surface area contributed by atoms with Gasteiger partial charge in [0.15, 0.2) is 0 Å². The fourth-order valence-electron chi connectivity index (χ4n) is 1.42. The molecular formula is C10H19N3O. The van der Waals surface area contributed by atoms with E-state index < -0.39 is 0 Å². The Morgan fingerprint density at radius 1 is 1.64 bits per heavy atom. The molecule has 1 N–H and O–H groups in total. The zero-order valence-corrected chi connectivity index (χ0v) is 9.16. The first-order chi connectivity index (χ1) is 6.81. The van der Waals surface area contributed by atoms with Crippen molar-refractivity contribution in [3.05, 3.63) is 18.0 Å². The van der Waals surface area contributed by atoms with Crippen LogP contribution in [0.3, 0.4) is 0 Å². The Morgan fingerprint density at radius 3 is 3.00 bits per heavy atom. The summed E-state index contributed by atoms with van der Waals surface area (Å²) in [6.07, 6.45) is 5.08. The number of methoxy groups -OCH3 is 1. The number of rotatable bonds is 6. The number of likely N-dealkylation sites (N-methyl/N-ethyl adjacent to an activating group) is 1. The van der Waals surface area contributed by atoms with Crippen molar-refractivity contribution in [2.24, 2.45) is 0 Å². The van der Waals surface area contributed by atoms with E-state index in [-0.39, 0.29) is 6.04 Å². The van der Waals surface area contributed by atoms with Crippen LogP contribution in [0.15, 0.2) is 12.4 Å². The van der Waals surface area contributed by atoms with Gasteiger partial charge in [-0.15, -0.1) is 0 Å². The summed E-state index contributed by atoms with van der Waals surface area (Å²) in [5.41, 5.74) is 1.18. The quantitative estimate of drug-likeness (QED) is 0.744.